The van der Waals surface area contributed by atoms with Gasteiger partial charge in [0.2, 0.25) is 0 Å². The van der Waals surface area contributed by atoms with E-state index >= 15 is 0 Å². The second-order valence-corrected chi connectivity index (χ2v) is 30.8. The molecule has 0 saturated carbocycles. The number of rotatable bonds is 6. The van der Waals surface area contributed by atoms with Crippen LogP contribution in [0.2, 0.25) is 39.3 Å². The van der Waals surface area contributed by atoms with Gasteiger partial charge in [-0.15, -0.1) is 19.7 Å². The normalized spacial score (nSPS) is 36.1. The molecular formula is C30H42O6Si6. The first kappa shape index (κ1) is 32.8. The molecule has 6 nitrogen and oxygen atoms in total. The Hall–Kier alpha value is -2.06. The molecule has 3 aromatic carbocycles. The summed E-state index contributed by atoms with van der Waals surface area (Å²) < 4.78 is 38.3. The van der Waals surface area contributed by atoms with Crippen molar-refractivity contribution in [2.45, 2.75) is 39.3 Å². The van der Waals surface area contributed by atoms with Crippen LogP contribution in [0.25, 0.3) is 0 Å². The molecule has 2 saturated heterocycles. The van der Waals surface area contributed by atoms with E-state index in [9.17, 15) is 0 Å². The largest absolute Gasteiger partial charge is 0.410 e. The number of hydrogen-bond donors (Lipinski definition) is 0. The SMILES string of the molecule is C=C[Si]1(C)O[Si](C)(C=C)O[Si](C)(C=C)O1.C[Si]1(c2ccccc2)O[Si](C)(c2ccccc2)O[Si](C)(c2ccccc2)O1. The van der Waals surface area contributed by atoms with Gasteiger partial charge >= 0.3 is 51.4 Å². The third-order valence-corrected chi connectivity index (χ3v) is 32.8. The Morgan fingerprint density at radius 2 is 0.595 bits per heavy atom. The van der Waals surface area contributed by atoms with E-state index in [1.54, 1.807) is 17.1 Å². The maximum atomic E-state index is 6.82. The van der Waals surface area contributed by atoms with E-state index in [1.165, 1.54) is 0 Å². The van der Waals surface area contributed by atoms with Crippen molar-refractivity contribution in [3.63, 3.8) is 0 Å². The fourth-order valence-corrected chi connectivity index (χ4v) is 34.3. The highest BCUT2D eigenvalue weighted by Crippen LogP contribution is 2.32. The van der Waals surface area contributed by atoms with Crippen LogP contribution in [0.15, 0.2) is 128 Å². The van der Waals surface area contributed by atoms with Gasteiger partial charge in [0, 0.05) is 0 Å². The predicted octanol–water partition coefficient (Wildman–Crippen LogP) is 5.43. The summed E-state index contributed by atoms with van der Waals surface area (Å²) >= 11 is 0. The highest BCUT2D eigenvalue weighted by Gasteiger charge is 2.59. The Kier molecular flexibility index (Phi) is 9.78. The fourth-order valence-electron chi connectivity index (χ4n) is 5.27. The molecule has 0 aromatic heterocycles. The zero-order valence-electron chi connectivity index (χ0n) is 25.5. The first-order valence-electron chi connectivity index (χ1n) is 14.0. The van der Waals surface area contributed by atoms with Gasteiger partial charge in [-0.05, 0) is 54.8 Å². The summed E-state index contributed by atoms with van der Waals surface area (Å²) in [6, 6.07) is 31.1. The van der Waals surface area contributed by atoms with E-state index in [0.29, 0.717) is 0 Å². The highest BCUT2D eigenvalue weighted by atomic mass is 28.5. The van der Waals surface area contributed by atoms with Gasteiger partial charge < -0.3 is 24.7 Å². The minimum atomic E-state index is -2.65. The first-order chi connectivity index (χ1) is 19.7. The van der Waals surface area contributed by atoms with E-state index in [0.717, 1.165) is 15.6 Å². The van der Waals surface area contributed by atoms with Crippen LogP contribution in [0.1, 0.15) is 0 Å². The van der Waals surface area contributed by atoms with E-state index in [1.807, 2.05) is 37.8 Å². The van der Waals surface area contributed by atoms with Gasteiger partial charge in [-0.2, -0.15) is 0 Å². The van der Waals surface area contributed by atoms with Crippen LogP contribution < -0.4 is 15.6 Å². The molecule has 0 bridgehead atoms. The molecule has 0 amide bonds. The quantitative estimate of drug-likeness (QED) is 0.328. The zero-order valence-corrected chi connectivity index (χ0v) is 31.5. The molecule has 2 heterocycles. The molecule has 0 aliphatic carbocycles. The Bertz CT molecular complexity index is 1210. The Morgan fingerprint density at radius 1 is 0.381 bits per heavy atom. The second-order valence-electron chi connectivity index (χ2n) is 11.2. The lowest BCUT2D eigenvalue weighted by atomic mass is 10.4. The van der Waals surface area contributed by atoms with Gasteiger partial charge in [0.15, 0.2) is 0 Å². The molecule has 12 heteroatoms. The van der Waals surface area contributed by atoms with Crippen LogP contribution in [-0.2, 0) is 24.7 Å². The maximum Gasteiger partial charge on any atom is 0.352 e. The topological polar surface area (TPSA) is 55.4 Å². The molecule has 0 radical (unpaired) electrons. The second kappa shape index (κ2) is 12.5. The minimum Gasteiger partial charge on any atom is -0.410 e. The molecule has 2 aliphatic heterocycles. The predicted molar refractivity (Wildman–Crippen MR) is 185 cm³/mol. The van der Waals surface area contributed by atoms with Crippen molar-refractivity contribution in [2.24, 2.45) is 0 Å². The Balaban J connectivity index is 0.000000230. The van der Waals surface area contributed by atoms with Crippen molar-refractivity contribution in [3.8, 4) is 0 Å². The van der Waals surface area contributed by atoms with Crippen LogP contribution in [-0.4, -0.2) is 51.4 Å². The molecule has 222 valence electrons. The third-order valence-electron chi connectivity index (χ3n) is 7.39. The van der Waals surface area contributed by atoms with Crippen molar-refractivity contribution in [1.29, 1.82) is 0 Å². The molecular weight excluding hydrogens is 625 g/mol. The number of benzene rings is 3. The molecule has 0 spiro atoms. The van der Waals surface area contributed by atoms with Crippen LogP contribution in [0.4, 0.5) is 0 Å². The third kappa shape index (κ3) is 7.18. The van der Waals surface area contributed by atoms with Crippen molar-refractivity contribution in [2.75, 3.05) is 0 Å². The van der Waals surface area contributed by atoms with E-state index in [-0.39, 0.29) is 0 Å². The first-order valence-corrected chi connectivity index (χ1v) is 28.2. The fraction of sp³-hybridized carbons (Fsp3) is 0.200. The van der Waals surface area contributed by atoms with Crippen LogP contribution in [0.5, 0.6) is 0 Å². The highest BCUT2D eigenvalue weighted by molar-refractivity contribution is 7.05. The van der Waals surface area contributed by atoms with Gasteiger partial charge in [0.05, 0.1) is 0 Å². The Labute approximate surface area is 257 Å². The van der Waals surface area contributed by atoms with Gasteiger partial charge in [-0.25, -0.2) is 0 Å². The lowest BCUT2D eigenvalue weighted by molar-refractivity contribution is 0.249. The van der Waals surface area contributed by atoms with Crippen molar-refractivity contribution in [1.82, 2.24) is 0 Å². The van der Waals surface area contributed by atoms with Crippen molar-refractivity contribution < 1.29 is 24.7 Å². The molecule has 0 unspecified atom stereocenters. The van der Waals surface area contributed by atoms with Crippen molar-refractivity contribution >= 4 is 66.9 Å². The molecule has 0 N–H and O–H groups in total. The summed E-state index contributed by atoms with van der Waals surface area (Å²) in [5.74, 6) is 0. The lowest BCUT2D eigenvalue weighted by Gasteiger charge is -2.50. The van der Waals surface area contributed by atoms with Crippen LogP contribution in [0.3, 0.4) is 0 Å². The van der Waals surface area contributed by atoms with E-state index < -0.39 is 51.4 Å². The van der Waals surface area contributed by atoms with Gasteiger partial charge in [-0.3, -0.25) is 0 Å². The summed E-state index contributed by atoms with van der Waals surface area (Å²) in [6.45, 7) is 23.8. The van der Waals surface area contributed by atoms with Gasteiger partial charge in [-0.1, -0.05) is 108 Å². The minimum absolute atomic E-state index is 1.15. The monoisotopic (exact) mass is 666 g/mol. The molecule has 5 rings (SSSR count). The molecule has 42 heavy (non-hydrogen) atoms. The molecule has 2 fully saturated rings. The Morgan fingerprint density at radius 3 is 0.786 bits per heavy atom. The van der Waals surface area contributed by atoms with E-state index in [4.69, 9.17) is 24.7 Å². The zero-order chi connectivity index (χ0) is 30.7. The summed E-state index contributed by atoms with van der Waals surface area (Å²) in [5, 5.41) is 3.45. The molecule has 3 aromatic rings. The van der Waals surface area contributed by atoms with Gasteiger partial charge in [0.1, 0.15) is 0 Å². The summed E-state index contributed by atoms with van der Waals surface area (Å²) in [4.78, 5) is 0. The average molecular weight is 667 g/mol. The van der Waals surface area contributed by atoms with Crippen LogP contribution >= 0.6 is 0 Å². The smallest absolute Gasteiger partial charge is 0.352 e. The number of hydrogen-bond acceptors (Lipinski definition) is 6. The summed E-state index contributed by atoms with van der Waals surface area (Å²) in [6.07, 6.45) is 0. The summed E-state index contributed by atoms with van der Waals surface area (Å²) in [5.41, 5.74) is 5.37. The summed E-state index contributed by atoms with van der Waals surface area (Å²) in [7, 11) is -14.9. The average Bonchev–Trinajstić information content (AvgIpc) is 2.98. The van der Waals surface area contributed by atoms with E-state index in [2.05, 4.69) is 112 Å². The standard InChI is InChI=1S/C21H24O3Si3.C9H18O3Si3/c1-25(19-13-7-4-8-14-19)22-26(2,20-15-9-5-10-16-20)24-27(3,23-25)21-17-11-6-12-18-21;1-7-13(4)10-14(5,8-2)12-15(6,9-3)11-13/h4-18H,1-3H3;7-9H,1-3H2,4-6H3. The maximum absolute atomic E-state index is 6.82. The molecule has 0 atom stereocenters. The molecule has 2 aliphatic rings. The van der Waals surface area contributed by atoms with Gasteiger partial charge in [0.25, 0.3) is 0 Å². The van der Waals surface area contributed by atoms with Crippen LogP contribution in [0, 0.1) is 0 Å². The lowest BCUT2D eigenvalue weighted by Crippen LogP contribution is -2.77. The van der Waals surface area contributed by atoms with Crippen molar-refractivity contribution in [3.05, 3.63) is 128 Å².